The van der Waals surface area contributed by atoms with Crippen molar-refractivity contribution in [2.75, 3.05) is 0 Å². The van der Waals surface area contributed by atoms with Crippen LogP contribution in [0.25, 0.3) is 0 Å². The lowest BCUT2D eigenvalue weighted by Gasteiger charge is -2.44. The molecule has 0 aromatic heterocycles. The number of aliphatic hydroxyl groups excluding tert-OH is 1. The lowest BCUT2D eigenvalue weighted by Crippen LogP contribution is -2.76. The molecule has 0 aromatic rings. The third-order valence-electron chi connectivity index (χ3n) is 4.03. The van der Waals surface area contributed by atoms with E-state index in [9.17, 15) is 83.8 Å². The third kappa shape index (κ3) is 5.39. The summed E-state index contributed by atoms with van der Waals surface area (Å²) in [5.74, 6) is -73.9. The molecule has 0 spiro atoms. The van der Waals surface area contributed by atoms with Crippen molar-refractivity contribution in [1.82, 2.24) is 0 Å². The molecule has 22 heteroatoms. The highest BCUT2D eigenvalue weighted by Crippen LogP contribution is 2.65. The first-order valence-electron chi connectivity index (χ1n) is 8.24. The topological polar surface area (TPSA) is 77.8 Å². The van der Waals surface area contributed by atoms with Gasteiger partial charge in [-0.3, -0.25) is 0 Å². The Morgan fingerprint density at radius 3 is 0.919 bits per heavy atom. The maximum atomic E-state index is 13.3. The van der Waals surface area contributed by atoms with Gasteiger partial charge in [-0.05, 0) is 6.92 Å². The van der Waals surface area contributed by atoms with E-state index in [1.54, 1.807) is 0 Å². The highest BCUT2D eigenvalue weighted by atomic mass is 19.4. The Hall–Kier alpha value is -2.13. The number of carbonyl (C=O) groups is 1. The summed E-state index contributed by atoms with van der Waals surface area (Å²) in [6, 6.07) is 0. The number of hydrogen-bond donors (Lipinski definition) is 3. The number of alkyl halides is 18. The fraction of sp³-hybridized carbons (Fsp3) is 0.800. The monoisotopic (exact) mass is 598 g/mol. The minimum absolute atomic E-state index is 0.176. The molecule has 37 heavy (non-hydrogen) atoms. The second-order valence-corrected chi connectivity index (χ2v) is 6.99. The van der Waals surface area contributed by atoms with Gasteiger partial charge in [-0.25, -0.2) is 4.79 Å². The van der Waals surface area contributed by atoms with Crippen molar-refractivity contribution >= 4 is 5.97 Å². The molecule has 0 bridgehead atoms. The van der Waals surface area contributed by atoms with Crippen LogP contribution in [0.4, 0.5) is 79.0 Å². The average molecular weight is 598 g/mol. The quantitative estimate of drug-likeness (QED) is 0.172. The molecular formula is C15H12F18O4. The molecule has 0 radical (unpaired) electrons. The first-order valence-corrected chi connectivity index (χ1v) is 8.24. The van der Waals surface area contributed by atoms with Crippen molar-refractivity contribution in [3.8, 4) is 0 Å². The van der Waals surface area contributed by atoms with Gasteiger partial charge in [0.15, 0.2) is 0 Å². The normalized spacial score (nSPS) is 15.3. The summed E-state index contributed by atoms with van der Waals surface area (Å²) >= 11 is 0. The fourth-order valence-corrected chi connectivity index (χ4v) is 1.63. The lowest BCUT2D eigenvalue weighted by molar-refractivity contribution is -0.467. The Bertz CT molecular complexity index is 831. The summed E-state index contributed by atoms with van der Waals surface area (Å²) in [6.45, 7) is 3.27. The summed E-state index contributed by atoms with van der Waals surface area (Å²) in [7, 11) is 0. The van der Waals surface area contributed by atoms with Crippen LogP contribution in [-0.2, 0) is 4.79 Å². The van der Waals surface area contributed by atoms with Gasteiger partial charge in [-0.15, -0.1) is 0 Å². The second kappa shape index (κ2) is 9.88. The number of rotatable bonds is 10. The molecule has 4 nitrogen and oxygen atoms in total. The maximum Gasteiger partial charge on any atom is 0.385 e. The molecule has 0 unspecified atom stereocenters. The van der Waals surface area contributed by atoms with Crippen LogP contribution in [0, 0.1) is 0 Å². The van der Waals surface area contributed by atoms with Crippen molar-refractivity contribution in [1.29, 1.82) is 0 Å². The second-order valence-electron chi connectivity index (χ2n) is 6.99. The van der Waals surface area contributed by atoms with Crippen LogP contribution < -0.4 is 0 Å². The molecule has 0 aliphatic heterocycles. The average Bonchev–Trinajstić information content (AvgIpc) is 2.66. The smallest absolute Gasteiger partial charge is 0.385 e. The van der Waals surface area contributed by atoms with Crippen LogP contribution in [-0.4, -0.2) is 80.9 Å². The van der Waals surface area contributed by atoms with Gasteiger partial charge >= 0.3 is 59.3 Å². The summed E-state index contributed by atoms with van der Waals surface area (Å²) in [5.41, 5.74) is 0.176. The number of halogens is 18. The van der Waals surface area contributed by atoms with Crippen molar-refractivity contribution in [2.45, 2.75) is 73.4 Å². The Morgan fingerprint density at radius 1 is 0.568 bits per heavy atom. The highest BCUT2D eigenvalue weighted by Gasteiger charge is 2.96. The molecule has 0 rings (SSSR count). The van der Waals surface area contributed by atoms with E-state index in [-0.39, 0.29) is 5.57 Å². The maximum absolute atomic E-state index is 13.3. The molecule has 0 aliphatic carbocycles. The van der Waals surface area contributed by atoms with Gasteiger partial charge in [-0.1, -0.05) is 6.58 Å². The van der Waals surface area contributed by atoms with Crippen LogP contribution in [0.5, 0.6) is 0 Å². The van der Waals surface area contributed by atoms with E-state index in [4.69, 9.17) is 15.3 Å². The molecule has 0 heterocycles. The van der Waals surface area contributed by atoms with Gasteiger partial charge in [0.1, 0.15) is 0 Å². The molecule has 0 fully saturated rings. The van der Waals surface area contributed by atoms with Crippen molar-refractivity contribution in [2.24, 2.45) is 0 Å². The SMILES string of the molecule is C=C(C)C(=O)O.CC(F)(F)C(F)(F)C(F)(F)C(F)(F)C(F)(F)C(F)(F)C(F)(F)C(F)(F)C(F)(F)C(O)O. The zero-order valence-electron chi connectivity index (χ0n) is 17.3. The molecule has 0 aromatic carbocycles. The largest absolute Gasteiger partial charge is 0.478 e. The Morgan fingerprint density at radius 2 is 0.757 bits per heavy atom. The van der Waals surface area contributed by atoms with E-state index in [1.807, 2.05) is 0 Å². The Balaban J connectivity index is 0. The van der Waals surface area contributed by atoms with Gasteiger partial charge in [0, 0.05) is 12.5 Å². The third-order valence-corrected chi connectivity index (χ3v) is 4.03. The van der Waals surface area contributed by atoms with Crippen LogP contribution in [0.1, 0.15) is 13.8 Å². The summed E-state index contributed by atoms with van der Waals surface area (Å²) < 4.78 is 234. The van der Waals surface area contributed by atoms with Crippen LogP contribution in [0.2, 0.25) is 0 Å². The number of carboxylic acid groups (broad SMARTS) is 1. The molecule has 222 valence electrons. The zero-order chi connectivity index (χ0) is 31.2. The van der Waals surface area contributed by atoms with E-state index < -0.39 is 72.5 Å². The first kappa shape index (κ1) is 37.0. The van der Waals surface area contributed by atoms with Gasteiger partial charge in [0.2, 0.25) is 6.29 Å². The number of hydrogen-bond acceptors (Lipinski definition) is 3. The van der Waals surface area contributed by atoms with Crippen molar-refractivity contribution in [3.63, 3.8) is 0 Å². The fourth-order valence-electron chi connectivity index (χ4n) is 1.63. The lowest BCUT2D eigenvalue weighted by atomic mass is 9.86. The van der Waals surface area contributed by atoms with Gasteiger partial charge < -0.3 is 15.3 Å². The standard InChI is InChI=1S/C11H6F18O2.C4H6O2/c1-3(12,13)5(16,17)7(20,21)9(24,25)11(28,29)10(26,27)8(22,23)6(18,19)4(14,15)2(30)31;1-3(2)4(5)6/h2,30-31H,1H3;1H2,2H3,(H,5,6). The molecule has 3 N–H and O–H groups in total. The Kier molecular flexibility index (Phi) is 9.88. The zero-order valence-corrected chi connectivity index (χ0v) is 17.3. The van der Waals surface area contributed by atoms with E-state index in [2.05, 4.69) is 6.58 Å². The molecule has 0 atom stereocenters. The summed E-state index contributed by atoms with van der Waals surface area (Å²) in [6.07, 6.45) is -5.07. The van der Waals surface area contributed by atoms with E-state index in [0.29, 0.717) is 0 Å². The molecule has 0 saturated heterocycles. The Labute approximate surface area is 192 Å². The molecule has 0 aliphatic rings. The van der Waals surface area contributed by atoms with Gasteiger partial charge in [-0.2, -0.15) is 79.0 Å². The highest BCUT2D eigenvalue weighted by molar-refractivity contribution is 5.84. The first-order chi connectivity index (χ1) is 15.6. The predicted molar refractivity (Wildman–Crippen MR) is 80.9 cm³/mol. The van der Waals surface area contributed by atoms with E-state index >= 15 is 0 Å². The minimum atomic E-state index is -8.86. The van der Waals surface area contributed by atoms with Gasteiger partial charge in [0.25, 0.3) is 0 Å². The van der Waals surface area contributed by atoms with E-state index in [0.717, 1.165) is 0 Å². The van der Waals surface area contributed by atoms with Crippen LogP contribution in [0.3, 0.4) is 0 Å². The summed E-state index contributed by atoms with van der Waals surface area (Å²) in [5, 5.41) is 23.6. The van der Waals surface area contributed by atoms with Crippen molar-refractivity contribution < 1.29 is 99.1 Å². The van der Waals surface area contributed by atoms with Crippen molar-refractivity contribution in [3.05, 3.63) is 12.2 Å². The van der Waals surface area contributed by atoms with Crippen LogP contribution in [0.15, 0.2) is 12.2 Å². The minimum Gasteiger partial charge on any atom is -0.478 e. The molecule has 0 saturated carbocycles. The summed E-state index contributed by atoms with van der Waals surface area (Å²) in [4.78, 5) is 9.60. The number of carboxylic acids is 1. The number of aliphatic hydroxyl groups is 2. The number of aliphatic carboxylic acids is 1. The van der Waals surface area contributed by atoms with E-state index in [1.165, 1.54) is 6.92 Å². The predicted octanol–water partition coefficient (Wildman–Crippen LogP) is 5.68. The molecular weight excluding hydrogens is 586 g/mol. The molecule has 0 amide bonds. The van der Waals surface area contributed by atoms with Crippen LogP contribution >= 0.6 is 0 Å². The van der Waals surface area contributed by atoms with Gasteiger partial charge in [0.05, 0.1) is 0 Å².